The first-order valence-corrected chi connectivity index (χ1v) is 10.3. The van der Waals surface area contributed by atoms with Gasteiger partial charge in [0.15, 0.2) is 5.96 Å². The van der Waals surface area contributed by atoms with Crippen molar-refractivity contribution in [2.24, 2.45) is 10.7 Å². The van der Waals surface area contributed by atoms with E-state index in [1.165, 1.54) is 18.5 Å². The molecule has 29 heavy (non-hydrogen) atoms. The number of nitrogens with zero attached hydrogens (tertiary/aromatic N) is 2. The summed E-state index contributed by atoms with van der Waals surface area (Å²) in [4.78, 5) is 8.03. The largest absolute Gasteiger partial charge is 0.457 e. The average Bonchev–Trinajstić information content (AvgIpc) is 2.73. The molecule has 0 aliphatic heterocycles. The van der Waals surface area contributed by atoms with E-state index in [-0.39, 0.29) is 23.9 Å². The molecule has 0 atom stereocenters. The summed E-state index contributed by atoms with van der Waals surface area (Å²) < 4.78 is 32.4. The molecule has 8 nitrogen and oxygen atoms in total. The lowest BCUT2D eigenvalue weighted by molar-refractivity contribution is 0.483. The first kappa shape index (κ1) is 20.3. The zero-order valence-electron chi connectivity index (χ0n) is 15.5. The number of aromatic nitrogens is 1. The van der Waals surface area contributed by atoms with Gasteiger partial charge in [0.2, 0.25) is 10.0 Å². The van der Waals surface area contributed by atoms with Crippen LogP contribution in [0.1, 0.15) is 0 Å². The van der Waals surface area contributed by atoms with Gasteiger partial charge in [-0.05, 0) is 36.4 Å². The minimum absolute atomic E-state index is 0.102. The molecule has 0 amide bonds. The zero-order chi connectivity index (χ0) is 20.5. The predicted molar refractivity (Wildman–Crippen MR) is 112 cm³/mol. The van der Waals surface area contributed by atoms with Gasteiger partial charge in [-0.3, -0.25) is 9.98 Å². The summed E-state index contributed by atoms with van der Waals surface area (Å²) in [5, 5.41) is 2.96. The fourth-order valence-electron chi connectivity index (χ4n) is 2.40. The SMILES string of the molecule is NC(=NCCNS(=O)(=O)c1cccnc1)Nc1cccc(Oc2ccccc2)c1. The van der Waals surface area contributed by atoms with E-state index < -0.39 is 10.0 Å². The van der Waals surface area contributed by atoms with Gasteiger partial charge in [-0.25, -0.2) is 13.1 Å². The molecule has 3 rings (SSSR count). The molecule has 0 radical (unpaired) electrons. The Labute approximate surface area is 169 Å². The van der Waals surface area contributed by atoms with Gasteiger partial charge in [-0.2, -0.15) is 0 Å². The van der Waals surface area contributed by atoms with E-state index in [1.54, 1.807) is 12.1 Å². The summed E-state index contributed by atoms with van der Waals surface area (Å²) in [6.07, 6.45) is 2.79. The summed E-state index contributed by atoms with van der Waals surface area (Å²) in [5.74, 6) is 1.55. The Bertz CT molecular complexity index is 1060. The molecule has 2 aromatic carbocycles. The van der Waals surface area contributed by atoms with Gasteiger partial charge in [0, 0.05) is 30.7 Å². The third-order valence-electron chi connectivity index (χ3n) is 3.72. The van der Waals surface area contributed by atoms with Gasteiger partial charge in [0.1, 0.15) is 16.4 Å². The van der Waals surface area contributed by atoms with Crippen LogP contribution in [0.25, 0.3) is 0 Å². The number of guanidine groups is 1. The molecule has 1 heterocycles. The Morgan fingerprint density at radius 3 is 2.59 bits per heavy atom. The first-order valence-electron chi connectivity index (χ1n) is 8.82. The number of para-hydroxylation sites is 1. The van der Waals surface area contributed by atoms with Crippen LogP contribution in [0.2, 0.25) is 0 Å². The molecule has 0 saturated carbocycles. The number of hydrogen-bond acceptors (Lipinski definition) is 5. The Morgan fingerprint density at radius 2 is 1.83 bits per heavy atom. The van der Waals surface area contributed by atoms with E-state index in [0.29, 0.717) is 11.4 Å². The summed E-state index contributed by atoms with van der Waals surface area (Å²) in [7, 11) is -3.61. The summed E-state index contributed by atoms with van der Waals surface area (Å²) >= 11 is 0. The van der Waals surface area contributed by atoms with Crippen molar-refractivity contribution >= 4 is 21.7 Å². The second-order valence-corrected chi connectivity index (χ2v) is 7.69. The normalized spacial score (nSPS) is 11.8. The van der Waals surface area contributed by atoms with E-state index >= 15 is 0 Å². The molecule has 9 heteroatoms. The van der Waals surface area contributed by atoms with Crippen LogP contribution in [-0.2, 0) is 10.0 Å². The van der Waals surface area contributed by atoms with Crippen molar-refractivity contribution in [2.75, 3.05) is 18.4 Å². The van der Waals surface area contributed by atoms with Gasteiger partial charge < -0.3 is 15.8 Å². The van der Waals surface area contributed by atoms with Crippen LogP contribution in [0.15, 0.2) is 89.0 Å². The Hall–Kier alpha value is -3.43. The highest BCUT2D eigenvalue weighted by Gasteiger charge is 2.12. The standard InChI is InChI=1S/C20H21N5O3S/c21-20(23-12-13-24-29(26,27)19-10-5-11-22-15-19)25-16-6-4-9-18(14-16)28-17-7-2-1-3-8-17/h1-11,14-15,24H,12-13H2,(H3,21,23,25). The number of pyridine rings is 1. The Morgan fingerprint density at radius 1 is 1.03 bits per heavy atom. The predicted octanol–water partition coefficient (Wildman–Crippen LogP) is 2.58. The molecule has 4 N–H and O–H groups in total. The lowest BCUT2D eigenvalue weighted by Gasteiger charge is -2.09. The van der Waals surface area contributed by atoms with E-state index in [9.17, 15) is 8.42 Å². The third-order valence-corrected chi connectivity index (χ3v) is 5.16. The lowest BCUT2D eigenvalue weighted by atomic mass is 10.3. The molecule has 3 aromatic rings. The van der Waals surface area contributed by atoms with E-state index in [4.69, 9.17) is 10.5 Å². The smallest absolute Gasteiger partial charge is 0.242 e. The second kappa shape index (κ2) is 9.67. The quantitative estimate of drug-likeness (QED) is 0.298. The van der Waals surface area contributed by atoms with Crippen LogP contribution in [0, 0.1) is 0 Å². The summed E-state index contributed by atoms with van der Waals surface area (Å²) in [5.41, 5.74) is 6.58. The monoisotopic (exact) mass is 411 g/mol. The number of benzene rings is 2. The average molecular weight is 411 g/mol. The molecule has 0 saturated heterocycles. The molecule has 1 aromatic heterocycles. The molecule has 0 aliphatic carbocycles. The number of anilines is 1. The number of nitrogens with two attached hydrogens (primary N) is 1. The molecule has 0 fully saturated rings. The van der Waals surface area contributed by atoms with Crippen LogP contribution in [0.3, 0.4) is 0 Å². The van der Waals surface area contributed by atoms with Crippen molar-refractivity contribution in [3.8, 4) is 11.5 Å². The van der Waals surface area contributed by atoms with Gasteiger partial charge in [0.25, 0.3) is 0 Å². The molecule has 0 unspecified atom stereocenters. The third kappa shape index (κ3) is 6.30. The molecule has 0 aliphatic rings. The number of aliphatic imine (C=N–C) groups is 1. The fourth-order valence-corrected chi connectivity index (χ4v) is 3.38. The summed E-state index contributed by atoms with van der Waals surface area (Å²) in [6.45, 7) is 0.287. The molecular weight excluding hydrogens is 390 g/mol. The highest BCUT2D eigenvalue weighted by Crippen LogP contribution is 2.23. The maximum absolute atomic E-state index is 12.1. The number of hydrogen-bond donors (Lipinski definition) is 3. The van der Waals surface area contributed by atoms with Gasteiger partial charge in [-0.1, -0.05) is 24.3 Å². The van der Waals surface area contributed by atoms with Crippen LogP contribution in [-0.4, -0.2) is 32.5 Å². The van der Waals surface area contributed by atoms with Crippen molar-refractivity contribution < 1.29 is 13.2 Å². The minimum atomic E-state index is -3.61. The van der Waals surface area contributed by atoms with Crippen LogP contribution in [0.4, 0.5) is 5.69 Å². The van der Waals surface area contributed by atoms with Crippen molar-refractivity contribution in [1.82, 2.24) is 9.71 Å². The van der Waals surface area contributed by atoms with Gasteiger partial charge >= 0.3 is 0 Å². The first-order chi connectivity index (χ1) is 14.0. The number of nitrogens with one attached hydrogen (secondary N) is 2. The van der Waals surface area contributed by atoms with Crippen molar-refractivity contribution in [3.05, 3.63) is 79.1 Å². The highest BCUT2D eigenvalue weighted by atomic mass is 32.2. The second-order valence-electron chi connectivity index (χ2n) is 5.92. The number of ether oxygens (including phenoxy) is 1. The zero-order valence-corrected chi connectivity index (χ0v) is 16.3. The maximum atomic E-state index is 12.1. The number of rotatable bonds is 8. The van der Waals surface area contributed by atoms with Crippen molar-refractivity contribution in [2.45, 2.75) is 4.90 Å². The topological polar surface area (TPSA) is 119 Å². The van der Waals surface area contributed by atoms with Crippen LogP contribution >= 0.6 is 0 Å². The highest BCUT2D eigenvalue weighted by molar-refractivity contribution is 7.89. The van der Waals surface area contributed by atoms with Crippen LogP contribution in [0.5, 0.6) is 11.5 Å². The molecule has 150 valence electrons. The molecule has 0 spiro atoms. The fraction of sp³-hybridized carbons (Fsp3) is 0.100. The number of sulfonamides is 1. The minimum Gasteiger partial charge on any atom is -0.457 e. The van der Waals surface area contributed by atoms with Crippen LogP contribution < -0.4 is 20.5 Å². The summed E-state index contributed by atoms with van der Waals surface area (Å²) in [6, 6.07) is 19.7. The van der Waals surface area contributed by atoms with Crippen molar-refractivity contribution in [3.63, 3.8) is 0 Å². The lowest BCUT2D eigenvalue weighted by Crippen LogP contribution is -2.28. The Kier molecular flexibility index (Phi) is 6.77. The molecule has 0 bridgehead atoms. The van der Waals surface area contributed by atoms with E-state index in [0.717, 1.165) is 5.75 Å². The Balaban J connectivity index is 1.51. The van der Waals surface area contributed by atoms with Crippen molar-refractivity contribution in [1.29, 1.82) is 0 Å². The van der Waals surface area contributed by atoms with E-state index in [1.807, 2.05) is 48.5 Å². The van der Waals surface area contributed by atoms with E-state index in [2.05, 4.69) is 20.0 Å². The molecular formula is C20H21N5O3S. The van der Waals surface area contributed by atoms with Gasteiger partial charge in [-0.15, -0.1) is 0 Å². The van der Waals surface area contributed by atoms with Gasteiger partial charge in [0.05, 0.1) is 6.54 Å². The maximum Gasteiger partial charge on any atom is 0.242 e.